The summed E-state index contributed by atoms with van der Waals surface area (Å²) in [5.74, 6) is 2.09. The van der Waals surface area contributed by atoms with Gasteiger partial charge in [0.1, 0.15) is 6.10 Å². The van der Waals surface area contributed by atoms with E-state index in [1.54, 1.807) is 6.92 Å². The largest absolute Gasteiger partial charge is 0.462 e. The molecule has 0 spiro atoms. The summed E-state index contributed by atoms with van der Waals surface area (Å²) in [6.45, 7) is 22.0. The maximum Gasteiger partial charge on any atom is 0.302 e. The van der Waals surface area contributed by atoms with Gasteiger partial charge in [-0.1, -0.05) is 67.0 Å². The molecule has 4 saturated carbocycles. The number of carbonyl (C=O) groups is 1. The predicted octanol–water partition coefficient (Wildman–Crippen LogP) is 8.74. The van der Waals surface area contributed by atoms with Crippen molar-refractivity contribution in [2.24, 2.45) is 50.2 Å². The Labute approximate surface area is 210 Å². The number of rotatable bonds is 1. The first kappa shape index (κ1) is 24.9. The molecule has 0 unspecified atom stereocenters. The minimum Gasteiger partial charge on any atom is -0.462 e. The van der Waals surface area contributed by atoms with E-state index in [-0.39, 0.29) is 17.5 Å². The number of ether oxygens (including phenoxy) is 1. The number of allylic oxidation sites excluding steroid dienone is 2. The Kier molecular flexibility index (Phi) is 5.40. The molecule has 8 atom stereocenters. The number of fused-ring (bicyclic) bond motifs is 7. The molecule has 0 saturated heterocycles. The topological polar surface area (TPSA) is 26.3 Å². The van der Waals surface area contributed by atoms with Crippen molar-refractivity contribution in [2.45, 2.75) is 133 Å². The second kappa shape index (κ2) is 7.38. The lowest BCUT2D eigenvalue weighted by Gasteiger charge is -2.70. The number of carbonyl (C=O) groups excluding carboxylic acids is 1. The molecule has 34 heavy (non-hydrogen) atoms. The zero-order chi connectivity index (χ0) is 24.9. The van der Waals surface area contributed by atoms with Gasteiger partial charge in [0.15, 0.2) is 0 Å². The van der Waals surface area contributed by atoms with Gasteiger partial charge in [-0.3, -0.25) is 4.79 Å². The van der Waals surface area contributed by atoms with Crippen LogP contribution in [0, 0.1) is 50.2 Å². The van der Waals surface area contributed by atoms with Crippen LogP contribution in [-0.2, 0) is 9.53 Å². The minimum absolute atomic E-state index is 0.0493. The molecule has 4 fully saturated rings. The van der Waals surface area contributed by atoms with Crippen molar-refractivity contribution in [1.29, 1.82) is 0 Å². The zero-order valence-corrected chi connectivity index (χ0v) is 23.8. The Balaban J connectivity index is 1.51. The van der Waals surface area contributed by atoms with E-state index >= 15 is 0 Å². The summed E-state index contributed by atoms with van der Waals surface area (Å²) >= 11 is 0. The van der Waals surface area contributed by atoms with E-state index in [9.17, 15) is 4.79 Å². The summed E-state index contributed by atoms with van der Waals surface area (Å²) in [7, 11) is 0. The van der Waals surface area contributed by atoms with Crippen molar-refractivity contribution in [3.8, 4) is 0 Å². The van der Waals surface area contributed by atoms with Gasteiger partial charge in [0.2, 0.25) is 0 Å². The van der Waals surface area contributed by atoms with Crippen molar-refractivity contribution in [3.05, 3.63) is 11.6 Å². The van der Waals surface area contributed by atoms with Crippen LogP contribution in [0.2, 0.25) is 0 Å². The van der Waals surface area contributed by atoms with Gasteiger partial charge in [0.25, 0.3) is 0 Å². The van der Waals surface area contributed by atoms with Crippen LogP contribution in [0.5, 0.6) is 0 Å². The predicted molar refractivity (Wildman–Crippen MR) is 140 cm³/mol. The van der Waals surface area contributed by atoms with Gasteiger partial charge in [-0.2, -0.15) is 0 Å². The third-order valence-electron chi connectivity index (χ3n) is 13.0. The fourth-order valence-corrected chi connectivity index (χ4v) is 11.2. The molecular formula is C32H52O2. The molecule has 0 aliphatic heterocycles. The van der Waals surface area contributed by atoms with E-state index < -0.39 is 0 Å². The lowest BCUT2D eigenvalue weighted by atomic mass is 9.34. The van der Waals surface area contributed by atoms with Gasteiger partial charge < -0.3 is 4.74 Å². The molecule has 2 nitrogen and oxygen atoms in total. The fourth-order valence-electron chi connectivity index (χ4n) is 11.2. The molecule has 0 radical (unpaired) electrons. The summed E-state index contributed by atoms with van der Waals surface area (Å²) in [6.07, 6.45) is 15.9. The van der Waals surface area contributed by atoms with Gasteiger partial charge in [0, 0.05) is 12.3 Å². The maximum atomic E-state index is 11.9. The Bertz CT molecular complexity index is 897. The van der Waals surface area contributed by atoms with E-state index in [0.717, 1.165) is 18.3 Å². The molecule has 0 aromatic rings. The Morgan fingerprint density at radius 3 is 2.06 bits per heavy atom. The monoisotopic (exact) mass is 468 g/mol. The second-order valence-corrected chi connectivity index (χ2v) is 15.9. The van der Waals surface area contributed by atoms with Gasteiger partial charge in [-0.05, 0) is 109 Å². The third-order valence-corrected chi connectivity index (χ3v) is 13.0. The maximum absolute atomic E-state index is 11.9. The van der Waals surface area contributed by atoms with Crippen LogP contribution in [0.1, 0.15) is 127 Å². The summed E-state index contributed by atoms with van der Waals surface area (Å²) in [6, 6.07) is 0. The minimum atomic E-state index is -0.110. The van der Waals surface area contributed by atoms with Crippen LogP contribution in [0.25, 0.3) is 0 Å². The molecule has 0 aromatic carbocycles. The van der Waals surface area contributed by atoms with Gasteiger partial charge >= 0.3 is 5.97 Å². The van der Waals surface area contributed by atoms with Gasteiger partial charge in [-0.15, -0.1) is 0 Å². The molecule has 2 heteroatoms. The number of hydrogen-bond acceptors (Lipinski definition) is 2. The first-order chi connectivity index (χ1) is 15.6. The smallest absolute Gasteiger partial charge is 0.302 e. The molecule has 192 valence electrons. The average molecular weight is 469 g/mol. The van der Waals surface area contributed by atoms with Crippen molar-refractivity contribution in [3.63, 3.8) is 0 Å². The molecule has 5 aliphatic rings. The molecule has 0 heterocycles. The molecular weight excluding hydrogens is 416 g/mol. The first-order valence-corrected chi connectivity index (χ1v) is 14.5. The van der Waals surface area contributed by atoms with E-state index in [2.05, 4.69) is 61.5 Å². The van der Waals surface area contributed by atoms with Crippen molar-refractivity contribution in [2.75, 3.05) is 0 Å². The van der Waals surface area contributed by atoms with Crippen LogP contribution in [0.4, 0.5) is 0 Å². The summed E-state index contributed by atoms with van der Waals surface area (Å²) < 4.78 is 5.90. The molecule has 5 rings (SSSR count). The highest BCUT2D eigenvalue weighted by Gasteiger charge is 2.67. The first-order valence-electron chi connectivity index (χ1n) is 14.5. The van der Waals surface area contributed by atoms with Crippen molar-refractivity contribution >= 4 is 5.97 Å². The summed E-state index contributed by atoms with van der Waals surface area (Å²) in [5.41, 5.74) is 3.90. The lowest BCUT2D eigenvalue weighted by molar-refractivity contribution is -0.198. The normalized spacial score (nSPS) is 51.1. The zero-order valence-electron chi connectivity index (χ0n) is 23.8. The van der Waals surface area contributed by atoms with Crippen LogP contribution < -0.4 is 0 Å². The third kappa shape index (κ3) is 3.28. The highest BCUT2D eigenvalue weighted by atomic mass is 16.5. The molecule has 5 aliphatic carbocycles. The average Bonchev–Trinajstić information content (AvgIpc) is 2.70. The standard InChI is InChI=1S/C32H52O2/c1-21(33)34-26-13-17-30(7)22(28(26,4)5)11-15-31(8)23-10-14-29(6)19-18-27(2,3)20-25(29)32(23,9)16-12-24(30)31/h10,22,24-26H,11-20H2,1-9H3/t22-,24+,25+,26-,29-,30-,31-,32+/m0/s1. The van der Waals surface area contributed by atoms with Gasteiger partial charge in [-0.25, -0.2) is 0 Å². The molecule has 0 bridgehead atoms. The van der Waals surface area contributed by atoms with Crippen LogP contribution in [0.15, 0.2) is 11.6 Å². The Morgan fingerprint density at radius 1 is 0.794 bits per heavy atom. The van der Waals surface area contributed by atoms with Crippen LogP contribution in [0.3, 0.4) is 0 Å². The quantitative estimate of drug-likeness (QED) is 0.284. The fraction of sp³-hybridized carbons (Fsp3) is 0.906. The number of hydrogen-bond donors (Lipinski definition) is 0. The molecule has 0 N–H and O–H groups in total. The number of esters is 1. The van der Waals surface area contributed by atoms with E-state index in [0.29, 0.717) is 33.0 Å². The van der Waals surface area contributed by atoms with Crippen molar-refractivity contribution < 1.29 is 9.53 Å². The Morgan fingerprint density at radius 2 is 1.41 bits per heavy atom. The highest BCUT2D eigenvalue weighted by Crippen LogP contribution is 2.75. The Hall–Kier alpha value is -0.790. The summed E-state index contributed by atoms with van der Waals surface area (Å²) in [5, 5.41) is 0. The highest BCUT2D eigenvalue weighted by molar-refractivity contribution is 5.66. The summed E-state index contributed by atoms with van der Waals surface area (Å²) in [4.78, 5) is 11.9. The van der Waals surface area contributed by atoms with E-state index in [4.69, 9.17) is 4.74 Å². The van der Waals surface area contributed by atoms with E-state index in [1.807, 2.05) is 5.57 Å². The SMILES string of the molecule is CC(=O)O[C@H]1CC[C@]2(C)[C@H]3CC[C@]4(C)C(=CC[C@@]5(C)CCC(C)(C)C[C@H]54)[C@]3(C)CC[C@H]2C1(C)C. The van der Waals surface area contributed by atoms with E-state index in [1.165, 1.54) is 57.8 Å². The molecule has 0 amide bonds. The van der Waals surface area contributed by atoms with Gasteiger partial charge in [0.05, 0.1) is 0 Å². The molecule has 0 aromatic heterocycles. The van der Waals surface area contributed by atoms with Crippen molar-refractivity contribution in [1.82, 2.24) is 0 Å². The van der Waals surface area contributed by atoms with Crippen LogP contribution >= 0.6 is 0 Å². The second-order valence-electron chi connectivity index (χ2n) is 15.9. The lowest BCUT2D eigenvalue weighted by Crippen LogP contribution is -2.63. The van der Waals surface area contributed by atoms with Crippen LogP contribution in [-0.4, -0.2) is 12.1 Å².